The molecule has 2 heterocycles. The summed E-state index contributed by atoms with van der Waals surface area (Å²) in [6.07, 6.45) is 1.11. The first kappa shape index (κ1) is 16.4. The Morgan fingerprint density at radius 1 is 1.22 bits per heavy atom. The molecule has 0 saturated carbocycles. The number of primary sulfonamides is 1. The molecule has 126 valence electrons. The van der Waals surface area contributed by atoms with Crippen molar-refractivity contribution in [2.45, 2.75) is 17.7 Å². The van der Waals surface area contributed by atoms with Crippen LogP contribution in [0.2, 0.25) is 0 Å². The molecule has 0 aromatic heterocycles. The molecule has 0 spiro atoms. The first-order valence-electron chi connectivity index (χ1n) is 7.71. The standard InChI is InChI=1S/C15H21N3O4S/c16-23(20,21)13-1-2-14-12(11-13)3-6-18(14)15(19)4-5-17-7-9-22-10-8-17/h1-2,11H,3-10H2,(H2,16,20,21). The first-order valence-corrected chi connectivity index (χ1v) is 9.26. The number of anilines is 1. The highest BCUT2D eigenvalue weighted by atomic mass is 32.2. The second-order valence-electron chi connectivity index (χ2n) is 5.83. The van der Waals surface area contributed by atoms with Gasteiger partial charge in [0.2, 0.25) is 15.9 Å². The molecule has 1 fully saturated rings. The van der Waals surface area contributed by atoms with Crippen molar-refractivity contribution >= 4 is 21.6 Å². The number of carbonyl (C=O) groups is 1. The number of carbonyl (C=O) groups excluding carboxylic acids is 1. The van der Waals surface area contributed by atoms with Crippen LogP contribution in [0.5, 0.6) is 0 Å². The minimum Gasteiger partial charge on any atom is -0.379 e. The molecule has 8 heteroatoms. The third-order valence-corrected chi connectivity index (χ3v) is 5.23. The smallest absolute Gasteiger partial charge is 0.238 e. The fourth-order valence-corrected chi connectivity index (χ4v) is 3.59. The summed E-state index contributed by atoms with van der Waals surface area (Å²) in [7, 11) is -3.71. The Morgan fingerprint density at radius 2 is 1.96 bits per heavy atom. The zero-order valence-corrected chi connectivity index (χ0v) is 13.7. The highest BCUT2D eigenvalue weighted by molar-refractivity contribution is 7.89. The van der Waals surface area contributed by atoms with E-state index in [4.69, 9.17) is 9.88 Å². The van der Waals surface area contributed by atoms with Crippen molar-refractivity contribution in [3.05, 3.63) is 23.8 Å². The van der Waals surface area contributed by atoms with Crippen molar-refractivity contribution in [3.8, 4) is 0 Å². The number of morpholine rings is 1. The molecule has 2 aliphatic rings. The molecular weight excluding hydrogens is 318 g/mol. The van der Waals surface area contributed by atoms with Gasteiger partial charge in [0.25, 0.3) is 0 Å². The summed E-state index contributed by atoms with van der Waals surface area (Å²) in [5.74, 6) is 0.0681. The van der Waals surface area contributed by atoms with Crippen LogP contribution in [0.1, 0.15) is 12.0 Å². The number of hydrogen-bond donors (Lipinski definition) is 1. The van der Waals surface area contributed by atoms with E-state index < -0.39 is 10.0 Å². The molecule has 2 aliphatic heterocycles. The van der Waals surface area contributed by atoms with Crippen molar-refractivity contribution in [1.82, 2.24) is 4.90 Å². The summed E-state index contributed by atoms with van der Waals surface area (Å²) >= 11 is 0. The van der Waals surface area contributed by atoms with Crippen LogP contribution in [-0.4, -0.2) is 58.6 Å². The van der Waals surface area contributed by atoms with Gasteiger partial charge in [-0.25, -0.2) is 13.6 Å². The normalized spacial score (nSPS) is 18.9. The van der Waals surface area contributed by atoms with Gasteiger partial charge in [-0.1, -0.05) is 0 Å². The number of nitrogens with zero attached hydrogens (tertiary/aromatic N) is 2. The van der Waals surface area contributed by atoms with Gasteiger partial charge in [0.05, 0.1) is 18.1 Å². The molecular formula is C15H21N3O4S. The minimum absolute atomic E-state index is 0.0681. The Labute approximate surface area is 136 Å². The topological polar surface area (TPSA) is 92.9 Å². The number of amides is 1. The summed E-state index contributed by atoms with van der Waals surface area (Å²) in [4.78, 5) is 16.5. The van der Waals surface area contributed by atoms with Gasteiger partial charge in [0, 0.05) is 38.3 Å². The summed E-state index contributed by atoms with van der Waals surface area (Å²) in [6, 6.07) is 4.70. The van der Waals surface area contributed by atoms with Crippen LogP contribution < -0.4 is 10.0 Å². The van der Waals surface area contributed by atoms with Gasteiger partial charge in [-0.15, -0.1) is 0 Å². The molecule has 2 N–H and O–H groups in total. The Balaban J connectivity index is 1.66. The van der Waals surface area contributed by atoms with Crippen molar-refractivity contribution in [1.29, 1.82) is 0 Å². The lowest BCUT2D eigenvalue weighted by Gasteiger charge is -2.27. The molecule has 3 rings (SSSR count). The maximum atomic E-state index is 12.5. The maximum absolute atomic E-state index is 12.5. The third-order valence-electron chi connectivity index (χ3n) is 4.32. The lowest BCUT2D eigenvalue weighted by Crippen LogP contribution is -2.39. The van der Waals surface area contributed by atoms with Crippen molar-refractivity contribution in [3.63, 3.8) is 0 Å². The molecule has 0 unspecified atom stereocenters. The minimum atomic E-state index is -3.71. The Bertz CT molecular complexity index is 699. The third kappa shape index (κ3) is 3.72. The van der Waals surface area contributed by atoms with Gasteiger partial charge in [-0.2, -0.15) is 0 Å². The van der Waals surface area contributed by atoms with Crippen LogP contribution in [0.4, 0.5) is 5.69 Å². The van der Waals surface area contributed by atoms with E-state index >= 15 is 0 Å². The fraction of sp³-hybridized carbons (Fsp3) is 0.533. The Morgan fingerprint density at radius 3 is 2.65 bits per heavy atom. The number of nitrogens with two attached hydrogens (primary N) is 1. The van der Waals surface area contributed by atoms with Crippen LogP contribution in [0, 0.1) is 0 Å². The lowest BCUT2D eigenvalue weighted by atomic mass is 10.2. The molecule has 0 bridgehead atoms. The van der Waals surface area contributed by atoms with E-state index in [0.29, 0.717) is 19.4 Å². The highest BCUT2D eigenvalue weighted by Crippen LogP contribution is 2.30. The van der Waals surface area contributed by atoms with E-state index in [-0.39, 0.29) is 10.8 Å². The molecule has 0 radical (unpaired) electrons. The second-order valence-corrected chi connectivity index (χ2v) is 7.40. The van der Waals surface area contributed by atoms with E-state index in [1.54, 1.807) is 17.0 Å². The van der Waals surface area contributed by atoms with Crippen LogP contribution in [0.25, 0.3) is 0 Å². The van der Waals surface area contributed by atoms with E-state index in [1.165, 1.54) is 6.07 Å². The lowest BCUT2D eigenvalue weighted by molar-refractivity contribution is -0.119. The number of ether oxygens (including phenoxy) is 1. The Hall–Kier alpha value is -1.48. The van der Waals surface area contributed by atoms with Crippen molar-refractivity contribution in [2.75, 3.05) is 44.3 Å². The van der Waals surface area contributed by atoms with Gasteiger partial charge in [0.1, 0.15) is 0 Å². The van der Waals surface area contributed by atoms with E-state index in [2.05, 4.69) is 4.90 Å². The molecule has 0 atom stereocenters. The molecule has 1 aromatic carbocycles. The molecule has 1 aromatic rings. The zero-order valence-electron chi connectivity index (χ0n) is 12.9. The summed E-state index contributed by atoms with van der Waals surface area (Å²) < 4.78 is 28.1. The SMILES string of the molecule is NS(=O)(=O)c1ccc2c(c1)CCN2C(=O)CCN1CCOCC1. The van der Waals surface area contributed by atoms with Crippen molar-refractivity contribution < 1.29 is 17.9 Å². The van der Waals surface area contributed by atoms with Gasteiger partial charge in [-0.05, 0) is 30.2 Å². The molecule has 1 saturated heterocycles. The predicted molar refractivity (Wildman–Crippen MR) is 85.7 cm³/mol. The summed E-state index contributed by atoms with van der Waals surface area (Å²) in [5.41, 5.74) is 1.65. The van der Waals surface area contributed by atoms with Gasteiger partial charge < -0.3 is 9.64 Å². The van der Waals surface area contributed by atoms with E-state index in [0.717, 1.165) is 44.1 Å². The molecule has 7 nitrogen and oxygen atoms in total. The quantitative estimate of drug-likeness (QED) is 0.830. The van der Waals surface area contributed by atoms with Crippen LogP contribution in [0.15, 0.2) is 23.1 Å². The fourth-order valence-electron chi connectivity index (χ4n) is 3.03. The summed E-state index contributed by atoms with van der Waals surface area (Å²) in [5, 5.41) is 5.15. The largest absolute Gasteiger partial charge is 0.379 e. The average molecular weight is 339 g/mol. The number of benzene rings is 1. The van der Waals surface area contributed by atoms with Crippen molar-refractivity contribution in [2.24, 2.45) is 5.14 Å². The van der Waals surface area contributed by atoms with Crippen LogP contribution >= 0.6 is 0 Å². The van der Waals surface area contributed by atoms with Crippen LogP contribution in [-0.2, 0) is 26.0 Å². The van der Waals surface area contributed by atoms with Gasteiger partial charge >= 0.3 is 0 Å². The van der Waals surface area contributed by atoms with Gasteiger partial charge in [-0.3, -0.25) is 9.69 Å². The van der Waals surface area contributed by atoms with Crippen LogP contribution in [0.3, 0.4) is 0 Å². The monoisotopic (exact) mass is 339 g/mol. The number of fused-ring (bicyclic) bond motifs is 1. The van der Waals surface area contributed by atoms with Gasteiger partial charge in [0.15, 0.2) is 0 Å². The number of rotatable bonds is 4. The highest BCUT2D eigenvalue weighted by Gasteiger charge is 2.26. The molecule has 23 heavy (non-hydrogen) atoms. The summed E-state index contributed by atoms with van der Waals surface area (Å²) in [6.45, 7) is 4.48. The number of sulfonamides is 1. The number of hydrogen-bond acceptors (Lipinski definition) is 5. The Kier molecular flexibility index (Phi) is 4.67. The average Bonchev–Trinajstić information content (AvgIpc) is 2.96. The molecule has 1 amide bonds. The molecule has 0 aliphatic carbocycles. The maximum Gasteiger partial charge on any atom is 0.238 e. The second kappa shape index (κ2) is 6.56. The van der Waals surface area contributed by atoms with E-state index in [1.807, 2.05) is 0 Å². The first-order chi connectivity index (χ1) is 10.9. The predicted octanol–water partition coefficient (Wildman–Crippen LogP) is -0.0546. The van der Waals surface area contributed by atoms with E-state index in [9.17, 15) is 13.2 Å². The zero-order chi connectivity index (χ0) is 16.4.